The summed E-state index contributed by atoms with van der Waals surface area (Å²) in [6.07, 6.45) is 1.64. The van der Waals surface area contributed by atoms with E-state index in [9.17, 15) is 14.4 Å². The molecule has 0 atom stereocenters. The lowest BCUT2D eigenvalue weighted by Gasteiger charge is -2.08. The van der Waals surface area contributed by atoms with E-state index in [2.05, 4.69) is 25.3 Å². The Morgan fingerprint density at radius 2 is 1.62 bits per heavy atom. The minimum Gasteiger partial charge on any atom is -0.465 e. The number of nitrogens with zero attached hydrogens (tertiary/aromatic N) is 2. The second kappa shape index (κ2) is 9.23. The number of pyridine rings is 2. The van der Waals surface area contributed by atoms with Gasteiger partial charge in [-0.05, 0) is 48.5 Å². The van der Waals surface area contributed by atoms with Gasteiger partial charge in [-0.25, -0.2) is 9.78 Å². The van der Waals surface area contributed by atoms with E-state index >= 15 is 0 Å². The molecule has 2 aromatic heterocycles. The molecular weight excluding hydrogens is 372 g/mol. The van der Waals surface area contributed by atoms with Crippen LogP contribution >= 0.6 is 0 Å². The van der Waals surface area contributed by atoms with Crippen molar-refractivity contribution >= 4 is 23.5 Å². The Morgan fingerprint density at radius 1 is 0.897 bits per heavy atom. The third kappa shape index (κ3) is 5.23. The van der Waals surface area contributed by atoms with Crippen molar-refractivity contribution in [3.05, 3.63) is 89.5 Å². The van der Waals surface area contributed by atoms with Crippen molar-refractivity contribution in [1.29, 1.82) is 0 Å². The van der Waals surface area contributed by atoms with Gasteiger partial charge in [0.15, 0.2) is 0 Å². The van der Waals surface area contributed by atoms with Crippen molar-refractivity contribution in [2.24, 2.45) is 0 Å². The molecule has 146 valence electrons. The second-order valence-corrected chi connectivity index (χ2v) is 5.93. The van der Waals surface area contributed by atoms with Gasteiger partial charge in [-0.2, -0.15) is 0 Å². The van der Waals surface area contributed by atoms with Gasteiger partial charge >= 0.3 is 5.97 Å². The van der Waals surface area contributed by atoms with Crippen LogP contribution in [0.5, 0.6) is 0 Å². The summed E-state index contributed by atoms with van der Waals surface area (Å²) in [6, 6.07) is 16.3. The average molecular weight is 390 g/mol. The van der Waals surface area contributed by atoms with Gasteiger partial charge in [0, 0.05) is 11.9 Å². The highest BCUT2D eigenvalue weighted by Gasteiger charge is 2.13. The summed E-state index contributed by atoms with van der Waals surface area (Å²) in [5.74, 6) is -1.35. The molecule has 0 aliphatic carbocycles. The van der Waals surface area contributed by atoms with Crippen molar-refractivity contribution in [2.75, 3.05) is 12.4 Å². The number of ether oxygens (including phenoxy) is 1. The molecule has 2 heterocycles. The van der Waals surface area contributed by atoms with Crippen LogP contribution in [0.1, 0.15) is 37.0 Å². The highest BCUT2D eigenvalue weighted by atomic mass is 16.5. The Hall–Kier alpha value is -4.07. The normalized spacial score (nSPS) is 10.1. The Morgan fingerprint density at radius 3 is 2.28 bits per heavy atom. The first-order valence-electron chi connectivity index (χ1n) is 8.71. The minimum atomic E-state index is -0.477. The number of anilines is 1. The van der Waals surface area contributed by atoms with Gasteiger partial charge < -0.3 is 15.4 Å². The number of rotatable bonds is 6. The van der Waals surface area contributed by atoms with Gasteiger partial charge in [0.1, 0.15) is 11.4 Å². The molecule has 8 heteroatoms. The summed E-state index contributed by atoms with van der Waals surface area (Å²) in [6.45, 7) is 0.254. The maximum absolute atomic E-state index is 12.4. The average Bonchev–Trinajstić information content (AvgIpc) is 2.78. The highest BCUT2D eigenvalue weighted by molar-refractivity contribution is 6.04. The number of benzene rings is 1. The molecule has 0 aliphatic heterocycles. The number of carbonyl (C=O) groups is 3. The van der Waals surface area contributed by atoms with Crippen LogP contribution in [-0.2, 0) is 11.3 Å². The lowest BCUT2D eigenvalue weighted by molar-refractivity contribution is 0.0600. The first kappa shape index (κ1) is 19.7. The molecule has 0 saturated carbocycles. The number of carbonyl (C=O) groups excluding carboxylic acids is 3. The first-order valence-corrected chi connectivity index (χ1v) is 8.71. The first-order chi connectivity index (χ1) is 14.1. The zero-order valence-corrected chi connectivity index (χ0v) is 15.6. The fraction of sp³-hybridized carbons (Fsp3) is 0.0952. The molecule has 3 aromatic rings. The fourth-order valence-corrected chi connectivity index (χ4v) is 2.45. The molecule has 8 nitrogen and oxygen atoms in total. The van der Waals surface area contributed by atoms with Crippen LogP contribution in [0, 0.1) is 0 Å². The molecule has 2 N–H and O–H groups in total. The zero-order valence-electron chi connectivity index (χ0n) is 15.6. The maximum Gasteiger partial charge on any atom is 0.337 e. The van der Waals surface area contributed by atoms with Gasteiger partial charge in [0.25, 0.3) is 11.8 Å². The van der Waals surface area contributed by atoms with Gasteiger partial charge in [0.2, 0.25) is 0 Å². The number of amides is 2. The largest absolute Gasteiger partial charge is 0.465 e. The Bertz CT molecular complexity index is 1020. The number of nitrogens with one attached hydrogen (secondary N) is 2. The predicted octanol–water partition coefficient (Wildman–Crippen LogP) is 2.45. The molecular formula is C21H18N4O4. The zero-order chi connectivity index (χ0) is 20.6. The lowest BCUT2D eigenvalue weighted by atomic mass is 10.2. The van der Waals surface area contributed by atoms with Crippen LogP contribution in [0.4, 0.5) is 5.69 Å². The molecule has 1 aromatic carbocycles. The number of aromatic nitrogens is 2. The predicted molar refractivity (Wildman–Crippen MR) is 105 cm³/mol. The van der Waals surface area contributed by atoms with Gasteiger partial charge in [-0.3, -0.25) is 14.6 Å². The van der Waals surface area contributed by atoms with E-state index in [4.69, 9.17) is 0 Å². The van der Waals surface area contributed by atoms with Crippen molar-refractivity contribution < 1.29 is 19.1 Å². The molecule has 3 rings (SSSR count). The molecule has 0 saturated heterocycles. The van der Waals surface area contributed by atoms with E-state index in [0.29, 0.717) is 16.9 Å². The monoisotopic (exact) mass is 390 g/mol. The molecule has 0 spiro atoms. The van der Waals surface area contributed by atoms with Crippen molar-refractivity contribution in [3.63, 3.8) is 0 Å². The third-order valence-corrected chi connectivity index (χ3v) is 3.93. The van der Waals surface area contributed by atoms with E-state index < -0.39 is 17.8 Å². The summed E-state index contributed by atoms with van der Waals surface area (Å²) >= 11 is 0. The van der Waals surface area contributed by atoms with Crippen LogP contribution < -0.4 is 10.6 Å². The fourth-order valence-electron chi connectivity index (χ4n) is 2.45. The molecule has 0 aliphatic rings. The van der Waals surface area contributed by atoms with Crippen molar-refractivity contribution in [2.45, 2.75) is 6.54 Å². The summed E-state index contributed by atoms with van der Waals surface area (Å²) in [5, 5.41) is 5.39. The van der Waals surface area contributed by atoms with Crippen molar-refractivity contribution in [3.8, 4) is 0 Å². The second-order valence-electron chi connectivity index (χ2n) is 5.93. The SMILES string of the molecule is COC(=O)c1ccc(NC(=O)c2cccc(C(=O)NCc3ccccn3)n2)cc1. The van der Waals surface area contributed by atoms with Crippen LogP contribution in [0.25, 0.3) is 0 Å². The third-order valence-electron chi connectivity index (χ3n) is 3.93. The number of methoxy groups -OCH3 is 1. The van der Waals surface area contributed by atoms with Crippen LogP contribution in [-0.4, -0.2) is 34.9 Å². The number of hydrogen-bond donors (Lipinski definition) is 2. The van der Waals surface area contributed by atoms with Crippen molar-refractivity contribution in [1.82, 2.24) is 15.3 Å². The molecule has 0 unspecified atom stereocenters. The van der Waals surface area contributed by atoms with E-state index in [0.717, 1.165) is 0 Å². The Balaban J connectivity index is 1.64. The van der Waals surface area contributed by atoms with Crippen LogP contribution in [0.15, 0.2) is 66.9 Å². The highest BCUT2D eigenvalue weighted by Crippen LogP contribution is 2.12. The van der Waals surface area contributed by atoms with E-state index in [1.807, 2.05) is 6.07 Å². The minimum absolute atomic E-state index is 0.0903. The summed E-state index contributed by atoms with van der Waals surface area (Å²) in [4.78, 5) is 44.4. The number of hydrogen-bond acceptors (Lipinski definition) is 6. The van der Waals surface area contributed by atoms with Gasteiger partial charge in [0.05, 0.1) is 24.9 Å². The van der Waals surface area contributed by atoms with Crippen LogP contribution in [0.3, 0.4) is 0 Å². The summed E-state index contributed by atoms with van der Waals surface area (Å²) in [7, 11) is 1.29. The van der Waals surface area contributed by atoms with E-state index in [-0.39, 0.29) is 17.9 Å². The summed E-state index contributed by atoms with van der Waals surface area (Å²) < 4.78 is 4.63. The number of esters is 1. The topological polar surface area (TPSA) is 110 Å². The molecule has 0 fully saturated rings. The summed E-state index contributed by atoms with van der Waals surface area (Å²) in [5.41, 5.74) is 1.77. The molecule has 0 bridgehead atoms. The lowest BCUT2D eigenvalue weighted by Crippen LogP contribution is -2.25. The molecule has 29 heavy (non-hydrogen) atoms. The molecule has 0 radical (unpaired) electrons. The standard InChI is InChI=1S/C21H18N4O4/c1-29-21(28)14-8-10-15(11-9-14)24-20(27)18-7-4-6-17(25-18)19(26)23-13-16-5-2-3-12-22-16/h2-12H,13H2,1H3,(H,23,26)(H,24,27). The Labute approximate surface area is 167 Å². The smallest absolute Gasteiger partial charge is 0.337 e. The van der Waals surface area contributed by atoms with Crippen LogP contribution in [0.2, 0.25) is 0 Å². The van der Waals surface area contributed by atoms with Gasteiger partial charge in [-0.15, -0.1) is 0 Å². The quantitative estimate of drug-likeness (QED) is 0.626. The van der Waals surface area contributed by atoms with E-state index in [1.165, 1.54) is 31.4 Å². The maximum atomic E-state index is 12.4. The van der Waals surface area contributed by atoms with Gasteiger partial charge in [-0.1, -0.05) is 12.1 Å². The Kier molecular flexibility index (Phi) is 6.26. The molecule has 2 amide bonds. The van der Waals surface area contributed by atoms with E-state index in [1.54, 1.807) is 36.5 Å².